The van der Waals surface area contributed by atoms with E-state index in [2.05, 4.69) is 6.92 Å². The molecule has 0 saturated carbocycles. The van der Waals surface area contributed by atoms with Crippen molar-refractivity contribution in [1.29, 1.82) is 0 Å². The molecular formula is C19H27O5Y-. The number of ether oxygens (including phenoxy) is 3. The van der Waals surface area contributed by atoms with Crippen molar-refractivity contribution in [2.75, 3.05) is 39.6 Å². The van der Waals surface area contributed by atoms with Crippen LogP contribution in [0.4, 0.5) is 0 Å². The fourth-order valence-electron chi connectivity index (χ4n) is 2.06. The van der Waals surface area contributed by atoms with Gasteiger partial charge in [-0.05, 0) is 18.4 Å². The van der Waals surface area contributed by atoms with Gasteiger partial charge in [0.25, 0.3) is 0 Å². The van der Waals surface area contributed by atoms with Crippen molar-refractivity contribution >= 4 is 12.1 Å². The van der Waals surface area contributed by atoms with Crippen molar-refractivity contribution in [3.05, 3.63) is 35.4 Å². The van der Waals surface area contributed by atoms with Crippen LogP contribution in [0.1, 0.15) is 42.1 Å². The average molecular weight is 424 g/mol. The second-order valence-electron chi connectivity index (χ2n) is 5.31. The first-order valence-electron chi connectivity index (χ1n) is 8.48. The maximum absolute atomic E-state index is 12.0. The zero-order chi connectivity index (χ0) is 17.5. The zero-order valence-corrected chi connectivity index (χ0v) is 17.8. The molecule has 1 aromatic rings. The molecule has 0 amide bonds. The first-order chi connectivity index (χ1) is 11.8. The molecule has 6 heteroatoms. The molecule has 0 spiro atoms. The molecule has 137 valence electrons. The Hall–Kier alpha value is -0.456. The van der Waals surface area contributed by atoms with Gasteiger partial charge in [-0.1, -0.05) is 31.2 Å². The Balaban J connectivity index is 0.00000576. The molecule has 0 heterocycles. The van der Waals surface area contributed by atoms with Crippen molar-refractivity contribution in [1.82, 2.24) is 0 Å². The fourth-order valence-corrected chi connectivity index (χ4v) is 2.06. The van der Waals surface area contributed by atoms with Crippen LogP contribution in [0, 0.1) is 0 Å². The summed E-state index contributed by atoms with van der Waals surface area (Å²) in [4.78, 5) is 21.9. The Bertz CT molecular complexity index is 461. The number of rotatable bonds is 15. The van der Waals surface area contributed by atoms with E-state index in [-0.39, 0.29) is 38.5 Å². The van der Waals surface area contributed by atoms with E-state index >= 15 is 0 Å². The van der Waals surface area contributed by atoms with Crippen LogP contribution >= 0.6 is 0 Å². The summed E-state index contributed by atoms with van der Waals surface area (Å²) < 4.78 is 15.9. The van der Waals surface area contributed by atoms with E-state index in [9.17, 15) is 9.59 Å². The zero-order valence-electron chi connectivity index (χ0n) is 15.0. The maximum Gasteiger partial charge on any atom is 0.162 e. The summed E-state index contributed by atoms with van der Waals surface area (Å²) in [6.45, 7) is 4.97. The first-order valence-corrected chi connectivity index (χ1v) is 8.48. The quantitative estimate of drug-likeness (QED) is 0.246. The van der Waals surface area contributed by atoms with Crippen LogP contribution in [0.3, 0.4) is 0 Å². The minimum Gasteiger partial charge on any atom is -0.542 e. The number of hydrogen-bond donors (Lipinski definition) is 0. The Morgan fingerprint density at radius 1 is 0.920 bits per heavy atom. The van der Waals surface area contributed by atoms with Gasteiger partial charge in [0.05, 0.1) is 26.4 Å². The van der Waals surface area contributed by atoms with Gasteiger partial charge in [0.15, 0.2) is 5.78 Å². The van der Waals surface area contributed by atoms with E-state index < -0.39 is 0 Å². The summed E-state index contributed by atoms with van der Waals surface area (Å²) in [6, 6.07) is 7.79. The third kappa shape index (κ3) is 12.5. The van der Waals surface area contributed by atoms with Gasteiger partial charge in [0.2, 0.25) is 0 Å². The van der Waals surface area contributed by atoms with E-state index in [0.717, 1.165) is 12.0 Å². The normalized spacial score (nSPS) is 10.3. The van der Waals surface area contributed by atoms with Crippen molar-refractivity contribution in [2.24, 2.45) is 0 Å². The monoisotopic (exact) mass is 424 g/mol. The summed E-state index contributed by atoms with van der Waals surface area (Å²) in [5.74, 6) is 0.155. The molecule has 0 fully saturated rings. The Morgan fingerprint density at radius 3 is 2.04 bits per heavy atom. The number of hydrogen-bond acceptors (Lipinski definition) is 5. The summed E-state index contributed by atoms with van der Waals surface area (Å²) in [7, 11) is 0. The molecule has 1 radical (unpaired) electrons. The molecule has 0 aliphatic rings. The minimum atomic E-state index is 0. The molecule has 0 aliphatic carbocycles. The maximum atomic E-state index is 12.0. The van der Waals surface area contributed by atoms with Gasteiger partial charge in [-0.25, -0.2) is 0 Å². The second kappa shape index (κ2) is 17.0. The topological polar surface area (TPSA) is 61.8 Å². The van der Waals surface area contributed by atoms with Gasteiger partial charge in [-0.3, -0.25) is 11.1 Å². The molecular weight excluding hydrogens is 397 g/mol. The van der Waals surface area contributed by atoms with Crippen molar-refractivity contribution in [2.45, 2.75) is 32.6 Å². The predicted octanol–water partition coefficient (Wildman–Crippen LogP) is 2.76. The van der Waals surface area contributed by atoms with E-state index in [4.69, 9.17) is 14.2 Å². The SMILES string of the molecule is CCc1ccc(C(=O)CCCOCCOCCOCC[C-]=O)cc1.[Y]. The Kier molecular flexibility index (Phi) is 16.7. The second-order valence-corrected chi connectivity index (χ2v) is 5.31. The molecule has 0 bridgehead atoms. The van der Waals surface area contributed by atoms with Crippen molar-refractivity contribution < 1.29 is 56.5 Å². The van der Waals surface area contributed by atoms with Crippen molar-refractivity contribution in [3.63, 3.8) is 0 Å². The molecule has 0 saturated heterocycles. The largest absolute Gasteiger partial charge is 0.542 e. The van der Waals surface area contributed by atoms with Crippen LogP contribution in [0.25, 0.3) is 0 Å². The molecule has 0 aliphatic heterocycles. The molecule has 0 N–H and O–H groups in total. The number of Topliss-reactive ketones (excluding diaryl/α,β-unsaturated/α-hetero) is 1. The minimum absolute atomic E-state index is 0. The van der Waals surface area contributed by atoms with Gasteiger partial charge in [0, 0.05) is 57.9 Å². The van der Waals surface area contributed by atoms with E-state index in [1.54, 1.807) is 6.29 Å². The number of carbonyl (C=O) groups excluding carboxylic acids is 2. The average Bonchev–Trinajstić information content (AvgIpc) is 2.62. The first kappa shape index (κ1) is 24.5. The van der Waals surface area contributed by atoms with E-state index in [1.165, 1.54) is 5.56 Å². The Morgan fingerprint density at radius 2 is 1.48 bits per heavy atom. The predicted molar refractivity (Wildman–Crippen MR) is 92.2 cm³/mol. The van der Waals surface area contributed by atoms with Crippen LogP contribution < -0.4 is 0 Å². The van der Waals surface area contributed by atoms with Crippen LogP contribution in [0.5, 0.6) is 0 Å². The molecule has 1 rings (SSSR count). The molecule has 1 aromatic carbocycles. The summed E-state index contributed by atoms with van der Waals surface area (Å²) in [5.41, 5.74) is 2.00. The molecule has 0 unspecified atom stereocenters. The standard InChI is InChI=1S/C19H27O5.Y/c1-2-17-6-8-18(9-7-17)19(21)5-3-11-22-13-15-24-16-14-23-12-4-10-20;/h6-9H,2-5,11-16H2,1H3;/q-1;. The smallest absolute Gasteiger partial charge is 0.162 e. The third-order valence-corrected chi connectivity index (χ3v) is 3.47. The van der Waals surface area contributed by atoms with Crippen molar-refractivity contribution in [3.8, 4) is 0 Å². The summed E-state index contributed by atoms with van der Waals surface area (Å²) >= 11 is 0. The number of carbonyl (C=O) groups is 1. The van der Waals surface area contributed by atoms with Gasteiger partial charge in [-0.2, -0.15) is 0 Å². The summed E-state index contributed by atoms with van der Waals surface area (Å²) in [6.07, 6.45) is 4.24. The van der Waals surface area contributed by atoms with Gasteiger partial charge in [0.1, 0.15) is 0 Å². The van der Waals surface area contributed by atoms with Gasteiger partial charge in [-0.15, -0.1) is 6.42 Å². The molecule has 0 atom stereocenters. The van der Waals surface area contributed by atoms with Gasteiger partial charge >= 0.3 is 0 Å². The number of benzene rings is 1. The van der Waals surface area contributed by atoms with Gasteiger partial charge < -0.3 is 19.0 Å². The van der Waals surface area contributed by atoms with Crippen LogP contribution in [0.2, 0.25) is 0 Å². The molecule has 5 nitrogen and oxygen atoms in total. The Labute approximate surface area is 175 Å². The van der Waals surface area contributed by atoms with Crippen LogP contribution in [0.15, 0.2) is 24.3 Å². The van der Waals surface area contributed by atoms with Crippen LogP contribution in [-0.4, -0.2) is 51.7 Å². The fraction of sp³-hybridized carbons (Fsp3) is 0.579. The third-order valence-electron chi connectivity index (χ3n) is 3.47. The van der Waals surface area contributed by atoms with E-state index in [1.807, 2.05) is 24.3 Å². The number of ketones is 1. The molecule has 0 aromatic heterocycles. The van der Waals surface area contributed by atoms with Crippen LogP contribution in [-0.2, 0) is 58.1 Å². The number of aryl methyl sites for hydroxylation is 1. The summed E-state index contributed by atoms with van der Waals surface area (Å²) in [5, 5.41) is 0. The van der Waals surface area contributed by atoms with E-state index in [0.29, 0.717) is 58.9 Å². The molecule has 25 heavy (non-hydrogen) atoms.